The van der Waals surface area contributed by atoms with Gasteiger partial charge in [0.2, 0.25) is 0 Å². The summed E-state index contributed by atoms with van der Waals surface area (Å²) in [5.41, 5.74) is 4.47. The first-order valence-electron chi connectivity index (χ1n) is 6.66. The number of fused-ring (bicyclic) bond motifs is 1. The number of nitrogens with one attached hydrogen (secondary N) is 1. The Kier molecular flexibility index (Phi) is 2.07. The minimum atomic E-state index is 0.0931. The Morgan fingerprint density at radius 3 is 2.68 bits per heavy atom. The van der Waals surface area contributed by atoms with Crippen LogP contribution in [-0.2, 0) is 5.41 Å². The zero-order valence-corrected chi connectivity index (χ0v) is 10.9. The Morgan fingerprint density at radius 2 is 1.95 bits per heavy atom. The predicted octanol–water partition coefficient (Wildman–Crippen LogP) is 3.35. The number of hydrogen-bond acceptors (Lipinski definition) is 2. The Hall–Kier alpha value is -2.16. The lowest BCUT2D eigenvalue weighted by Crippen LogP contribution is -2.10. The summed E-state index contributed by atoms with van der Waals surface area (Å²) in [4.78, 5) is 12.6. The van der Waals surface area contributed by atoms with Crippen molar-refractivity contribution in [1.82, 2.24) is 15.0 Å². The second kappa shape index (κ2) is 3.67. The third kappa shape index (κ3) is 1.58. The van der Waals surface area contributed by atoms with E-state index in [4.69, 9.17) is 4.98 Å². The molecule has 0 bridgehead atoms. The Balaban J connectivity index is 1.86. The summed E-state index contributed by atoms with van der Waals surface area (Å²) in [5, 5.41) is 0. The largest absolute Gasteiger partial charge is 0.340 e. The van der Waals surface area contributed by atoms with Gasteiger partial charge in [-0.15, -0.1) is 0 Å². The van der Waals surface area contributed by atoms with Crippen LogP contribution < -0.4 is 0 Å². The lowest BCUT2D eigenvalue weighted by molar-refractivity contribution is 0.778. The minimum absolute atomic E-state index is 0.0931. The van der Waals surface area contributed by atoms with Crippen LogP contribution in [0.5, 0.6) is 0 Å². The van der Waals surface area contributed by atoms with Crippen molar-refractivity contribution < 1.29 is 0 Å². The van der Waals surface area contributed by atoms with Gasteiger partial charge in [-0.1, -0.05) is 30.3 Å². The molecule has 2 aromatic heterocycles. The van der Waals surface area contributed by atoms with Crippen LogP contribution in [0.4, 0.5) is 0 Å². The maximum absolute atomic E-state index is 4.70. The van der Waals surface area contributed by atoms with Crippen LogP contribution in [0.1, 0.15) is 29.8 Å². The summed E-state index contributed by atoms with van der Waals surface area (Å²) in [5.74, 6) is 1.06. The lowest BCUT2D eigenvalue weighted by atomic mass is 9.95. The van der Waals surface area contributed by atoms with Crippen molar-refractivity contribution in [1.29, 1.82) is 0 Å². The van der Waals surface area contributed by atoms with E-state index in [1.807, 2.05) is 6.20 Å². The number of aromatic nitrogens is 3. The van der Waals surface area contributed by atoms with Crippen LogP contribution in [0.25, 0.3) is 11.2 Å². The lowest BCUT2D eigenvalue weighted by Gasteiger charge is -2.12. The van der Waals surface area contributed by atoms with Crippen molar-refractivity contribution in [2.45, 2.75) is 25.2 Å². The topological polar surface area (TPSA) is 41.6 Å². The SMILES string of the molecule is Cc1cnc2nc(C3(c4ccccc4)CC3)[nH]c2c1. The fraction of sp³-hybridized carbons (Fsp3) is 0.250. The number of benzene rings is 1. The normalized spacial score (nSPS) is 16.7. The van der Waals surface area contributed by atoms with Gasteiger partial charge in [0.25, 0.3) is 0 Å². The number of rotatable bonds is 2. The van der Waals surface area contributed by atoms with Gasteiger partial charge in [-0.2, -0.15) is 0 Å². The molecule has 3 aromatic rings. The maximum Gasteiger partial charge on any atom is 0.177 e. The van der Waals surface area contributed by atoms with E-state index in [1.54, 1.807) is 0 Å². The Morgan fingerprint density at radius 1 is 1.16 bits per heavy atom. The van der Waals surface area contributed by atoms with Crippen molar-refractivity contribution in [2.75, 3.05) is 0 Å². The highest BCUT2D eigenvalue weighted by Crippen LogP contribution is 2.52. The van der Waals surface area contributed by atoms with Gasteiger partial charge < -0.3 is 4.98 Å². The molecular formula is C16H15N3. The van der Waals surface area contributed by atoms with Crippen molar-refractivity contribution in [3.63, 3.8) is 0 Å². The standard InChI is InChI=1S/C16H15N3/c1-11-9-13-14(17-10-11)19-15(18-13)16(7-8-16)12-5-3-2-4-6-12/h2-6,9-10H,7-8H2,1H3,(H,17,18,19). The van der Waals surface area contributed by atoms with E-state index in [0.29, 0.717) is 0 Å². The molecule has 94 valence electrons. The first-order valence-corrected chi connectivity index (χ1v) is 6.66. The average molecular weight is 249 g/mol. The number of nitrogens with zero attached hydrogens (tertiary/aromatic N) is 2. The second-order valence-electron chi connectivity index (χ2n) is 5.42. The van der Waals surface area contributed by atoms with E-state index in [9.17, 15) is 0 Å². The van der Waals surface area contributed by atoms with Gasteiger partial charge in [0.05, 0.1) is 10.9 Å². The predicted molar refractivity (Wildman–Crippen MR) is 75.1 cm³/mol. The molecule has 0 unspecified atom stereocenters. The van der Waals surface area contributed by atoms with Gasteiger partial charge in [0.1, 0.15) is 5.82 Å². The van der Waals surface area contributed by atoms with Gasteiger partial charge in [-0.25, -0.2) is 9.97 Å². The highest BCUT2D eigenvalue weighted by atomic mass is 15.0. The summed E-state index contributed by atoms with van der Waals surface area (Å²) in [7, 11) is 0. The van der Waals surface area contributed by atoms with Crippen molar-refractivity contribution in [3.05, 3.63) is 59.5 Å². The zero-order valence-electron chi connectivity index (χ0n) is 10.9. The van der Waals surface area contributed by atoms with E-state index in [2.05, 4.69) is 53.3 Å². The Bertz CT molecular complexity index is 739. The number of hydrogen-bond donors (Lipinski definition) is 1. The number of aromatic amines is 1. The van der Waals surface area contributed by atoms with Crippen LogP contribution in [0.3, 0.4) is 0 Å². The van der Waals surface area contributed by atoms with Crippen LogP contribution in [-0.4, -0.2) is 15.0 Å². The number of pyridine rings is 1. The van der Waals surface area contributed by atoms with E-state index < -0.39 is 0 Å². The fourth-order valence-electron chi connectivity index (χ4n) is 2.78. The molecule has 1 fully saturated rings. The average Bonchev–Trinajstić information content (AvgIpc) is 3.14. The highest BCUT2D eigenvalue weighted by molar-refractivity contribution is 5.71. The van der Waals surface area contributed by atoms with Crippen LogP contribution in [0.15, 0.2) is 42.6 Å². The molecule has 2 heterocycles. The molecular weight excluding hydrogens is 234 g/mol. The van der Waals surface area contributed by atoms with Gasteiger partial charge >= 0.3 is 0 Å². The molecule has 0 saturated heterocycles. The summed E-state index contributed by atoms with van der Waals surface area (Å²) in [6.45, 7) is 2.05. The van der Waals surface area contributed by atoms with Crippen molar-refractivity contribution >= 4 is 11.2 Å². The van der Waals surface area contributed by atoms with E-state index in [0.717, 1.165) is 35.4 Å². The molecule has 1 aliphatic carbocycles. The molecule has 4 rings (SSSR count). The van der Waals surface area contributed by atoms with Gasteiger partial charge in [-0.3, -0.25) is 0 Å². The summed E-state index contributed by atoms with van der Waals surface area (Å²) in [6.07, 6.45) is 4.20. The Labute approximate surface area is 111 Å². The van der Waals surface area contributed by atoms with Crippen LogP contribution in [0.2, 0.25) is 0 Å². The molecule has 0 amide bonds. The maximum atomic E-state index is 4.70. The van der Waals surface area contributed by atoms with Gasteiger partial charge in [0.15, 0.2) is 5.65 Å². The van der Waals surface area contributed by atoms with Crippen molar-refractivity contribution in [3.8, 4) is 0 Å². The molecule has 0 spiro atoms. The fourth-order valence-corrected chi connectivity index (χ4v) is 2.78. The third-order valence-corrected chi connectivity index (χ3v) is 4.00. The summed E-state index contributed by atoms with van der Waals surface area (Å²) in [6, 6.07) is 12.8. The minimum Gasteiger partial charge on any atom is -0.340 e. The zero-order chi connectivity index (χ0) is 12.9. The van der Waals surface area contributed by atoms with Gasteiger partial charge in [-0.05, 0) is 37.0 Å². The third-order valence-electron chi connectivity index (χ3n) is 4.00. The summed E-state index contributed by atoms with van der Waals surface area (Å²) < 4.78 is 0. The number of H-pyrrole nitrogens is 1. The molecule has 0 atom stereocenters. The molecule has 19 heavy (non-hydrogen) atoms. The van der Waals surface area contributed by atoms with Gasteiger partial charge in [0, 0.05) is 6.20 Å². The smallest absolute Gasteiger partial charge is 0.177 e. The van der Waals surface area contributed by atoms with Crippen molar-refractivity contribution in [2.24, 2.45) is 0 Å². The monoisotopic (exact) mass is 249 g/mol. The van der Waals surface area contributed by atoms with E-state index >= 15 is 0 Å². The highest BCUT2D eigenvalue weighted by Gasteiger charge is 2.48. The van der Waals surface area contributed by atoms with E-state index in [1.165, 1.54) is 5.56 Å². The molecule has 0 aliphatic heterocycles. The molecule has 3 heteroatoms. The molecule has 0 radical (unpaired) electrons. The molecule has 1 aromatic carbocycles. The molecule has 1 N–H and O–H groups in total. The van der Waals surface area contributed by atoms with Crippen LogP contribution >= 0.6 is 0 Å². The molecule has 3 nitrogen and oxygen atoms in total. The first kappa shape index (κ1) is 10.7. The quantitative estimate of drug-likeness (QED) is 0.756. The molecule has 1 aliphatic rings. The second-order valence-corrected chi connectivity index (χ2v) is 5.42. The first-order chi connectivity index (χ1) is 9.28. The number of aryl methyl sites for hydroxylation is 1. The van der Waals surface area contributed by atoms with E-state index in [-0.39, 0.29) is 5.41 Å². The molecule has 1 saturated carbocycles. The van der Waals surface area contributed by atoms with Crippen LogP contribution in [0, 0.1) is 6.92 Å². The number of imidazole rings is 1. The summed E-state index contributed by atoms with van der Waals surface area (Å²) >= 11 is 0.